The maximum Gasteiger partial charge on any atom is 0.246 e. The van der Waals surface area contributed by atoms with Crippen LogP contribution < -0.4 is 15.4 Å². The molecule has 5 aromatic rings. The van der Waals surface area contributed by atoms with Crippen LogP contribution in [0.25, 0.3) is 10.4 Å². The second-order valence-corrected chi connectivity index (χ2v) is 27.1. The number of carbonyl (C=O) groups is 4. The lowest BCUT2D eigenvalue weighted by molar-refractivity contribution is -0.144. The molecular weight excluding hydrogens is 1070 g/mol. The maximum absolute atomic E-state index is 14.1. The van der Waals surface area contributed by atoms with Crippen molar-refractivity contribution in [1.82, 2.24) is 35.4 Å². The Morgan fingerprint density at radius 1 is 0.875 bits per heavy atom. The molecule has 432 valence electrons. The number of thiazole rings is 1. The molecule has 0 radical (unpaired) electrons. The van der Waals surface area contributed by atoms with Gasteiger partial charge in [-0.05, 0) is 119 Å². The Kier molecular flexibility index (Phi) is 21.5. The highest BCUT2D eigenvalue weighted by Gasteiger charge is 2.44. The van der Waals surface area contributed by atoms with E-state index in [4.69, 9.17) is 21.3 Å². The third-order valence-electron chi connectivity index (χ3n) is 15.3. The lowest BCUT2D eigenvalue weighted by Crippen LogP contribution is -2.57. The molecule has 0 aliphatic carbocycles. The standard InChI is InChI=1S/C62H82ClN7O8S2/c1-39(2)78-53-34-49(41(5)30-47(53)32-55-64-36-50(63)51(67-55)31-46-18-16-17-19-54(46)80(76,77)40(3)4)44-26-28-69(29-27-44)57(73)21-15-13-11-10-12-14-20-56(72)68-59(62(7,8)9)61(75)70-37-48(71)33-52(70)60(74)65-35-43-22-24-45(25-23-43)58-42(6)66-38-79-58/h16-19,22-25,30,34,36,38-40,44,48,52,59,71H,10-15,20-21,26-29,31-33,35,37H2,1-9H3,(H,65,74)(H,68,72)/t48-,52?,59-/m1/s1. The van der Waals surface area contributed by atoms with Crippen LogP contribution in [0.4, 0.5) is 0 Å². The zero-order valence-corrected chi connectivity index (χ0v) is 50.5. The van der Waals surface area contributed by atoms with Crippen LogP contribution >= 0.6 is 22.9 Å². The first-order valence-electron chi connectivity index (χ1n) is 28.4. The predicted molar refractivity (Wildman–Crippen MR) is 315 cm³/mol. The van der Waals surface area contributed by atoms with Crippen molar-refractivity contribution in [2.24, 2.45) is 5.41 Å². The fourth-order valence-corrected chi connectivity index (χ4v) is 13.0. The first-order valence-corrected chi connectivity index (χ1v) is 31.2. The minimum absolute atomic E-state index is 0.0159. The van der Waals surface area contributed by atoms with Crippen molar-refractivity contribution in [3.05, 3.63) is 122 Å². The normalized spacial score (nSPS) is 16.6. The number of piperidine rings is 1. The molecule has 3 atom stereocenters. The zero-order valence-electron chi connectivity index (χ0n) is 48.1. The van der Waals surface area contributed by atoms with Crippen molar-refractivity contribution in [2.75, 3.05) is 19.6 Å². The number of amides is 4. The number of nitrogens with zero attached hydrogens (tertiary/aromatic N) is 5. The van der Waals surface area contributed by atoms with Crippen molar-refractivity contribution in [1.29, 1.82) is 0 Å². The molecule has 2 fully saturated rings. The van der Waals surface area contributed by atoms with Crippen LogP contribution in [0.1, 0.15) is 170 Å². The number of sulfone groups is 1. The number of aliphatic hydroxyl groups excluding tert-OH is 1. The van der Waals surface area contributed by atoms with E-state index < -0.39 is 38.7 Å². The number of aromatic nitrogens is 3. The van der Waals surface area contributed by atoms with Gasteiger partial charge in [0.25, 0.3) is 0 Å². The number of rotatable bonds is 24. The fraction of sp³-hybridized carbons (Fsp3) is 0.532. The van der Waals surface area contributed by atoms with E-state index >= 15 is 0 Å². The molecule has 2 aliphatic rings. The Morgan fingerprint density at radius 3 is 2.20 bits per heavy atom. The van der Waals surface area contributed by atoms with E-state index in [9.17, 15) is 32.7 Å². The number of likely N-dealkylation sites (tertiary alicyclic amines) is 2. The van der Waals surface area contributed by atoms with Crippen molar-refractivity contribution >= 4 is 56.4 Å². The molecule has 2 saturated heterocycles. The summed E-state index contributed by atoms with van der Waals surface area (Å²) >= 11 is 8.20. The number of hydrogen-bond acceptors (Lipinski definition) is 12. The minimum Gasteiger partial charge on any atom is -0.491 e. The molecule has 3 aromatic carbocycles. The van der Waals surface area contributed by atoms with Crippen molar-refractivity contribution in [3.63, 3.8) is 0 Å². The monoisotopic (exact) mass is 1150 g/mol. The van der Waals surface area contributed by atoms with Gasteiger partial charge in [0.1, 0.15) is 23.7 Å². The number of unbranched alkanes of at least 4 members (excludes halogenated alkanes) is 5. The number of carbonyl (C=O) groups excluding carboxylic acids is 4. The molecule has 1 unspecified atom stereocenters. The van der Waals surface area contributed by atoms with Crippen LogP contribution in [0.3, 0.4) is 0 Å². The summed E-state index contributed by atoms with van der Waals surface area (Å²) in [6, 6.07) is 17.5. The molecule has 0 bridgehead atoms. The van der Waals surface area contributed by atoms with Gasteiger partial charge >= 0.3 is 0 Å². The quantitative estimate of drug-likeness (QED) is 0.0497. The van der Waals surface area contributed by atoms with Crippen LogP contribution in [0.2, 0.25) is 5.02 Å². The van der Waals surface area contributed by atoms with Gasteiger partial charge in [-0.25, -0.2) is 23.4 Å². The smallest absolute Gasteiger partial charge is 0.246 e. The Balaban J connectivity index is 0.820. The lowest BCUT2D eigenvalue weighted by atomic mass is 9.85. The maximum atomic E-state index is 14.1. The number of ether oxygens (including phenoxy) is 1. The number of β-amino-alcohol motifs (C(OH)–C–C–N with tert-alkyl or cyclic N) is 1. The van der Waals surface area contributed by atoms with Crippen LogP contribution in [0.15, 0.2) is 77.3 Å². The van der Waals surface area contributed by atoms with Gasteiger partial charge in [-0.2, -0.15) is 0 Å². The second-order valence-electron chi connectivity index (χ2n) is 23.3. The van der Waals surface area contributed by atoms with E-state index in [2.05, 4.69) is 39.7 Å². The molecule has 80 heavy (non-hydrogen) atoms. The molecule has 2 aromatic heterocycles. The lowest BCUT2D eigenvalue weighted by Gasteiger charge is -2.35. The van der Waals surface area contributed by atoms with E-state index in [1.807, 2.05) is 82.3 Å². The Morgan fingerprint density at radius 2 is 1.55 bits per heavy atom. The Bertz CT molecular complexity index is 3060. The van der Waals surface area contributed by atoms with Gasteiger partial charge in [-0.15, -0.1) is 11.3 Å². The average molecular weight is 1150 g/mol. The van der Waals surface area contributed by atoms with Gasteiger partial charge in [-0.3, -0.25) is 19.2 Å². The molecular formula is C62H82ClN7O8S2. The van der Waals surface area contributed by atoms with Crippen LogP contribution in [-0.2, 0) is 48.4 Å². The topological polar surface area (TPSA) is 201 Å². The molecule has 15 nitrogen and oxygen atoms in total. The van der Waals surface area contributed by atoms with E-state index in [-0.39, 0.29) is 72.9 Å². The summed E-state index contributed by atoms with van der Waals surface area (Å²) in [5.74, 6) is 0.840. The number of aliphatic hydroxyl groups is 1. The van der Waals surface area contributed by atoms with Gasteiger partial charge in [0.2, 0.25) is 23.6 Å². The molecule has 2 aliphatic heterocycles. The van der Waals surface area contributed by atoms with E-state index in [0.29, 0.717) is 54.5 Å². The van der Waals surface area contributed by atoms with Gasteiger partial charge < -0.3 is 30.3 Å². The van der Waals surface area contributed by atoms with E-state index in [1.54, 1.807) is 49.6 Å². The predicted octanol–water partition coefficient (Wildman–Crippen LogP) is 10.7. The third-order valence-corrected chi connectivity index (χ3v) is 18.9. The first kappa shape index (κ1) is 61.9. The zero-order chi connectivity index (χ0) is 57.9. The number of hydrogen-bond donors (Lipinski definition) is 3. The van der Waals surface area contributed by atoms with Crippen LogP contribution in [0.5, 0.6) is 5.75 Å². The summed E-state index contributed by atoms with van der Waals surface area (Å²) in [5, 5.41) is 16.4. The summed E-state index contributed by atoms with van der Waals surface area (Å²) in [6.45, 7) is 18.8. The molecule has 0 saturated carbocycles. The first-order chi connectivity index (χ1) is 38.0. The van der Waals surface area contributed by atoms with Crippen molar-refractivity contribution in [3.8, 4) is 16.2 Å². The Labute approximate surface area is 483 Å². The van der Waals surface area contributed by atoms with Gasteiger partial charge in [0, 0.05) is 70.0 Å². The van der Waals surface area contributed by atoms with Crippen LogP contribution in [0, 0.1) is 19.3 Å². The van der Waals surface area contributed by atoms with Crippen LogP contribution in [-0.4, -0.2) is 111 Å². The highest BCUT2D eigenvalue weighted by molar-refractivity contribution is 7.92. The highest BCUT2D eigenvalue weighted by atomic mass is 35.5. The third kappa shape index (κ3) is 16.2. The fourth-order valence-electron chi connectivity index (χ4n) is 10.8. The summed E-state index contributed by atoms with van der Waals surface area (Å²) in [4.78, 5) is 72.9. The number of nitrogens with one attached hydrogen (secondary N) is 2. The average Bonchev–Trinajstić information content (AvgIpc) is 4.04. The van der Waals surface area contributed by atoms with Gasteiger partial charge in [-0.1, -0.05) is 107 Å². The van der Waals surface area contributed by atoms with Gasteiger partial charge in [0.15, 0.2) is 9.84 Å². The second kappa shape index (κ2) is 27.8. The summed E-state index contributed by atoms with van der Waals surface area (Å²) < 4.78 is 32.8. The summed E-state index contributed by atoms with van der Waals surface area (Å²) in [5.41, 5.74) is 8.60. The minimum atomic E-state index is -3.52. The van der Waals surface area contributed by atoms with Gasteiger partial charge in [0.05, 0.1) is 49.2 Å². The number of halogens is 1. The molecule has 4 heterocycles. The number of benzene rings is 3. The van der Waals surface area contributed by atoms with Crippen molar-refractivity contribution in [2.45, 2.75) is 193 Å². The van der Waals surface area contributed by atoms with E-state index in [1.165, 1.54) is 10.5 Å². The number of aryl methyl sites for hydroxylation is 2. The molecule has 4 amide bonds. The molecule has 3 N–H and O–H groups in total. The molecule has 0 spiro atoms. The SMILES string of the molecule is Cc1cc(Cc2ncc(Cl)c(Cc3ccccc3S(=O)(=O)C(C)C)n2)c(OC(C)C)cc1C1CCN(C(=O)CCCCCCCCC(=O)N[C@H](C(=O)N2C[C@H](O)CC2C(=O)NCc2ccc(-c3scnc3C)cc2)C(C)(C)C)CC1. The van der Waals surface area contributed by atoms with E-state index in [0.717, 1.165) is 83.5 Å². The molecule has 18 heteroatoms. The summed E-state index contributed by atoms with van der Waals surface area (Å²) in [6.07, 6.45) is 9.05. The van der Waals surface area contributed by atoms with Crippen molar-refractivity contribution < 1.29 is 37.4 Å². The summed E-state index contributed by atoms with van der Waals surface area (Å²) in [7, 11) is -3.52. The highest BCUT2D eigenvalue weighted by Crippen LogP contribution is 2.37. The Hall–Kier alpha value is -5.75. The largest absolute Gasteiger partial charge is 0.491 e. The molecule has 7 rings (SSSR count).